The molecule has 1 N–H and O–H groups in total. The van der Waals surface area contributed by atoms with Crippen molar-refractivity contribution in [2.75, 3.05) is 20.1 Å². The second kappa shape index (κ2) is 4.33. The Morgan fingerprint density at radius 1 is 1.53 bits per heavy atom. The normalized spacial score (nSPS) is 24.6. The van der Waals surface area contributed by atoms with Gasteiger partial charge in [-0.15, -0.1) is 0 Å². The summed E-state index contributed by atoms with van der Waals surface area (Å²) in [4.78, 5) is 2.37. The topological polar surface area (TPSA) is 33.1 Å². The monoisotopic (exact) mass is 208 g/mol. The van der Waals surface area contributed by atoms with Crippen LogP contribution in [-0.4, -0.2) is 40.9 Å². The van der Waals surface area contributed by atoms with E-state index in [1.165, 1.54) is 18.5 Å². The van der Waals surface area contributed by atoms with Crippen molar-refractivity contribution in [3.05, 3.63) is 18.0 Å². The fourth-order valence-electron chi connectivity index (χ4n) is 2.18. The number of hydrogen-bond donors (Lipinski definition) is 1. The number of likely N-dealkylation sites (tertiary alicyclic amines) is 1. The summed E-state index contributed by atoms with van der Waals surface area (Å²) >= 11 is 0. The third kappa shape index (κ3) is 2.58. The van der Waals surface area contributed by atoms with Gasteiger partial charge in [-0.3, -0.25) is 4.68 Å². The van der Waals surface area contributed by atoms with E-state index in [-0.39, 0.29) is 0 Å². The Hall–Kier alpha value is -0.870. The Kier molecular flexibility index (Phi) is 3.07. The van der Waals surface area contributed by atoms with Crippen LogP contribution in [0.15, 0.2) is 12.4 Å². The van der Waals surface area contributed by atoms with E-state index in [4.69, 9.17) is 0 Å². The molecule has 1 aromatic heterocycles. The summed E-state index contributed by atoms with van der Waals surface area (Å²) < 4.78 is 1.86. The van der Waals surface area contributed by atoms with Crippen molar-refractivity contribution in [3.8, 4) is 0 Å². The van der Waals surface area contributed by atoms with Gasteiger partial charge in [0.1, 0.15) is 0 Å². The quantitative estimate of drug-likeness (QED) is 0.796. The van der Waals surface area contributed by atoms with Crippen molar-refractivity contribution in [3.63, 3.8) is 0 Å². The summed E-state index contributed by atoms with van der Waals surface area (Å²) in [6, 6.07) is 1.03. The van der Waals surface area contributed by atoms with Crippen molar-refractivity contribution in [2.24, 2.45) is 7.05 Å². The Labute approximate surface area is 91.3 Å². The van der Waals surface area contributed by atoms with Crippen molar-refractivity contribution in [1.82, 2.24) is 20.0 Å². The van der Waals surface area contributed by atoms with Crippen LogP contribution in [0, 0.1) is 0 Å². The maximum atomic E-state index is 4.19. The molecular formula is C11H20N4. The van der Waals surface area contributed by atoms with Gasteiger partial charge < -0.3 is 10.2 Å². The van der Waals surface area contributed by atoms with Gasteiger partial charge in [-0.25, -0.2) is 0 Å². The van der Waals surface area contributed by atoms with Crippen molar-refractivity contribution >= 4 is 0 Å². The first-order chi connectivity index (χ1) is 7.15. The van der Waals surface area contributed by atoms with E-state index in [2.05, 4.69) is 35.5 Å². The molecule has 2 heterocycles. The summed E-state index contributed by atoms with van der Waals surface area (Å²) in [5, 5.41) is 7.84. The van der Waals surface area contributed by atoms with Crippen LogP contribution in [-0.2, 0) is 7.05 Å². The molecule has 1 aromatic rings. The van der Waals surface area contributed by atoms with E-state index in [0.29, 0.717) is 12.1 Å². The maximum Gasteiger partial charge on any atom is 0.0537 e. The van der Waals surface area contributed by atoms with Crippen LogP contribution >= 0.6 is 0 Å². The molecule has 2 rings (SSSR count). The summed E-state index contributed by atoms with van der Waals surface area (Å²) in [6.45, 7) is 4.57. The lowest BCUT2D eigenvalue weighted by Gasteiger charge is -2.18. The van der Waals surface area contributed by atoms with E-state index < -0.39 is 0 Å². The van der Waals surface area contributed by atoms with Crippen LogP contribution in [0.2, 0.25) is 0 Å². The molecule has 84 valence electrons. The van der Waals surface area contributed by atoms with Gasteiger partial charge in [0.05, 0.1) is 6.20 Å². The van der Waals surface area contributed by atoms with Gasteiger partial charge in [0.25, 0.3) is 0 Å². The van der Waals surface area contributed by atoms with E-state index in [1.807, 2.05) is 17.9 Å². The molecule has 2 unspecified atom stereocenters. The second-order valence-electron chi connectivity index (χ2n) is 4.58. The zero-order chi connectivity index (χ0) is 10.8. The molecule has 2 atom stereocenters. The van der Waals surface area contributed by atoms with Crippen molar-refractivity contribution in [2.45, 2.75) is 25.4 Å². The molecule has 0 aliphatic carbocycles. The van der Waals surface area contributed by atoms with Gasteiger partial charge in [0.15, 0.2) is 0 Å². The Bertz CT molecular complexity index is 320. The fourth-order valence-corrected chi connectivity index (χ4v) is 2.18. The van der Waals surface area contributed by atoms with Crippen molar-refractivity contribution < 1.29 is 0 Å². The lowest BCUT2D eigenvalue weighted by atomic mass is 10.1. The van der Waals surface area contributed by atoms with Gasteiger partial charge in [-0.1, -0.05) is 0 Å². The number of aromatic nitrogens is 2. The van der Waals surface area contributed by atoms with Gasteiger partial charge in [-0.05, 0) is 26.9 Å². The number of hydrogen-bond acceptors (Lipinski definition) is 3. The average Bonchev–Trinajstić information content (AvgIpc) is 2.75. The first kappa shape index (κ1) is 10.6. The van der Waals surface area contributed by atoms with Crippen LogP contribution in [0.1, 0.15) is 24.9 Å². The van der Waals surface area contributed by atoms with Crippen LogP contribution in [0.25, 0.3) is 0 Å². The van der Waals surface area contributed by atoms with E-state index in [0.717, 1.165) is 6.54 Å². The van der Waals surface area contributed by atoms with E-state index >= 15 is 0 Å². The van der Waals surface area contributed by atoms with Gasteiger partial charge in [0.2, 0.25) is 0 Å². The first-order valence-corrected chi connectivity index (χ1v) is 5.58. The minimum Gasteiger partial charge on any atom is -0.306 e. The molecule has 0 saturated carbocycles. The fraction of sp³-hybridized carbons (Fsp3) is 0.727. The minimum absolute atomic E-state index is 0.398. The summed E-state index contributed by atoms with van der Waals surface area (Å²) in [7, 11) is 4.13. The number of nitrogens with zero attached hydrogens (tertiary/aromatic N) is 3. The summed E-state index contributed by atoms with van der Waals surface area (Å²) in [5.41, 5.74) is 1.27. The molecular weight excluding hydrogens is 188 g/mol. The summed E-state index contributed by atoms with van der Waals surface area (Å²) in [6.07, 6.45) is 5.27. The average molecular weight is 208 g/mol. The first-order valence-electron chi connectivity index (χ1n) is 5.58. The lowest BCUT2D eigenvalue weighted by molar-refractivity contribution is 0.387. The maximum absolute atomic E-state index is 4.19. The molecule has 0 amide bonds. The molecule has 4 heteroatoms. The second-order valence-corrected chi connectivity index (χ2v) is 4.58. The molecule has 1 aliphatic rings. The summed E-state index contributed by atoms with van der Waals surface area (Å²) in [5.74, 6) is 0. The highest BCUT2D eigenvalue weighted by Gasteiger charge is 2.21. The molecule has 0 radical (unpaired) electrons. The number of nitrogens with one attached hydrogen (secondary N) is 1. The minimum atomic E-state index is 0.398. The third-order valence-electron chi connectivity index (χ3n) is 3.10. The molecule has 0 aromatic carbocycles. The number of aryl methyl sites for hydroxylation is 1. The Morgan fingerprint density at radius 3 is 2.87 bits per heavy atom. The predicted molar refractivity (Wildman–Crippen MR) is 60.7 cm³/mol. The van der Waals surface area contributed by atoms with Crippen LogP contribution in [0.3, 0.4) is 0 Å². The van der Waals surface area contributed by atoms with E-state index in [9.17, 15) is 0 Å². The number of rotatable bonds is 3. The lowest BCUT2D eigenvalue weighted by Crippen LogP contribution is -2.33. The highest BCUT2D eigenvalue weighted by Crippen LogP contribution is 2.15. The molecule has 1 fully saturated rings. The molecule has 1 saturated heterocycles. The van der Waals surface area contributed by atoms with Crippen LogP contribution in [0.4, 0.5) is 0 Å². The largest absolute Gasteiger partial charge is 0.306 e. The Balaban J connectivity index is 1.89. The van der Waals surface area contributed by atoms with Gasteiger partial charge in [0, 0.05) is 37.4 Å². The van der Waals surface area contributed by atoms with E-state index in [1.54, 1.807) is 0 Å². The third-order valence-corrected chi connectivity index (χ3v) is 3.10. The van der Waals surface area contributed by atoms with Crippen LogP contribution < -0.4 is 5.32 Å². The number of likely N-dealkylation sites (N-methyl/N-ethyl adjacent to an activating group) is 1. The molecule has 1 aliphatic heterocycles. The Morgan fingerprint density at radius 2 is 2.33 bits per heavy atom. The predicted octanol–water partition coefficient (Wildman–Crippen LogP) is 0.775. The molecule has 0 bridgehead atoms. The van der Waals surface area contributed by atoms with Gasteiger partial charge >= 0.3 is 0 Å². The molecule has 0 spiro atoms. The molecule has 4 nitrogen and oxygen atoms in total. The highest BCUT2D eigenvalue weighted by atomic mass is 15.2. The molecule has 15 heavy (non-hydrogen) atoms. The van der Waals surface area contributed by atoms with Gasteiger partial charge in [-0.2, -0.15) is 5.10 Å². The zero-order valence-corrected chi connectivity index (χ0v) is 9.77. The highest BCUT2D eigenvalue weighted by molar-refractivity contribution is 5.09. The van der Waals surface area contributed by atoms with Crippen molar-refractivity contribution in [1.29, 1.82) is 0 Å². The standard InChI is InChI=1S/C11H20N4/c1-9(10-6-12-15(3)7-10)13-11-4-5-14(2)8-11/h6-7,9,11,13H,4-5,8H2,1-3H3. The SMILES string of the molecule is CC(NC1CCN(C)C1)c1cnn(C)c1. The van der Waals surface area contributed by atoms with Crippen LogP contribution in [0.5, 0.6) is 0 Å². The smallest absolute Gasteiger partial charge is 0.0537 e. The zero-order valence-electron chi connectivity index (χ0n) is 9.77.